The molecule has 1 aliphatic rings. The highest BCUT2D eigenvalue weighted by Crippen LogP contribution is 2.28. The number of hydrogen-bond donors (Lipinski definition) is 1. The topological polar surface area (TPSA) is 69.7 Å². The molecule has 0 spiro atoms. The van der Waals surface area contributed by atoms with Crippen molar-refractivity contribution in [1.82, 2.24) is 4.31 Å². The zero-order valence-corrected chi connectivity index (χ0v) is 20.6. The van der Waals surface area contributed by atoms with Crippen LogP contribution in [0.1, 0.15) is 10.4 Å². The van der Waals surface area contributed by atoms with Crippen LogP contribution < -0.4 is 10.2 Å². The number of rotatable bonds is 6. The molecule has 182 valence electrons. The molecule has 1 aliphatic heterocycles. The van der Waals surface area contributed by atoms with Crippen LogP contribution in [0.3, 0.4) is 0 Å². The molecule has 4 aromatic rings. The maximum atomic E-state index is 13.4. The summed E-state index contributed by atoms with van der Waals surface area (Å²) in [5.41, 5.74) is 3.93. The minimum Gasteiger partial charge on any atom is -0.369 e. The zero-order chi connectivity index (χ0) is 25.0. The van der Waals surface area contributed by atoms with E-state index < -0.39 is 10.0 Å². The van der Waals surface area contributed by atoms with Crippen LogP contribution in [0.4, 0.5) is 11.4 Å². The van der Waals surface area contributed by atoms with E-state index in [-0.39, 0.29) is 10.8 Å². The van der Waals surface area contributed by atoms with Gasteiger partial charge < -0.3 is 10.2 Å². The summed E-state index contributed by atoms with van der Waals surface area (Å²) in [6, 6.07) is 33.6. The van der Waals surface area contributed by atoms with Crippen molar-refractivity contribution in [1.29, 1.82) is 0 Å². The molecule has 0 saturated carbocycles. The highest BCUT2D eigenvalue weighted by Gasteiger charge is 2.29. The van der Waals surface area contributed by atoms with Crippen molar-refractivity contribution in [3.05, 3.63) is 115 Å². The van der Waals surface area contributed by atoms with Crippen molar-refractivity contribution in [2.45, 2.75) is 4.90 Å². The van der Waals surface area contributed by atoms with Gasteiger partial charge in [0.1, 0.15) is 0 Å². The fraction of sp³-hybridized carbons (Fsp3) is 0.138. The van der Waals surface area contributed by atoms with Crippen LogP contribution in [0.5, 0.6) is 0 Å². The molecule has 6 nitrogen and oxygen atoms in total. The Bertz CT molecular complexity index is 1450. The monoisotopic (exact) mass is 497 g/mol. The number of sulfonamides is 1. The van der Waals surface area contributed by atoms with Crippen LogP contribution in [0.2, 0.25) is 0 Å². The van der Waals surface area contributed by atoms with E-state index in [1.54, 1.807) is 18.2 Å². The molecular formula is C29H27N3O3S. The normalized spacial score (nSPS) is 14.4. The van der Waals surface area contributed by atoms with Gasteiger partial charge in [-0.3, -0.25) is 4.79 Å². The number of piperazine rings is 1. The first kappa shape index (κ1) is 23.8. The lowest BCUT2D eigenvalue weighted by atomic mass is 10.0. The number of nitrogens with one attached hydrogen (secondary N) is 1. The minimum absolute atomic E-state index is 0.125. The van der Waals surface area contributed by atoms with Gasteiger partial charge in [-0.2, -0.15) is 4.31 Å². The van der Waals surface area contributed by atoms with E-state index in [1.807, 2.05) is 84.9 Å². The van der Waals surface area contributed by atoms with Gasteiger partial charge in [0.05, 0.1) is 4.90 Å². The summed E-state index contributed by atoms with van der Waals surface area (Å²) in [6.45, 7) is 2.00. The van der Waals surface area contributed by atoms with Gasteiger partial charge in [-0.15, -0.1) is 0 Å². The van der Waals surface area contributed by atoms with E-state index in [0.29, 0.717) is 37.4 Å². The van der Waals surface area contributed by atoms with Crippen LogP contribution in [0, 0.1) is 0 Å². The second-order valence-corrected chi connectivity index (χ2v) is 10.6. The number of carbonyl (C=O) groups excluding carboxylic acids is 1. The van der Waals surface area contributed by atoms with E-state index in [1.165, 1.54) is 10.4 Å². The van der Waals surface area contributed by atoms with E-state index in [4.69, 9.17) is 0 Å². The molecule has 5 rings (SSSR count). The molecule has 36 heavy (non-hydrogen) atoms. The van der Waals surface area contributed by atoms with Crippen molar-refractivity contribution in [3.8, 4) is 11.1 Å². The standard InChI is InChI=1S/C29H27N3O3S/c33-29(30-28-17-8-7-16-27(28)23-10-3-1-4-11-23)24-12-9-15-26(22-24)36(34,35)32-20-18-31(19-21-32)25-13-5-2-6-14-25/h1-17,22H,18-21H2,(H,30,33). The minimum atomic E-state index is -3.72. The lowest BCUT2D eigenvalue weighted by Gasteiger charge is -2.35. The summed E-state index contributed by atoms with van der Waals surface area (Å²) in [4.78, 5) is 15.4. The first-order valence-electron chi connectivity index (χ1n) is 11.9. The number of amides is 1. The number of benzene rings is 4. The fourth-order valence-corrected chi connectivity index (χ4v) is 5.90. The average molecular weight is 498 g/mol. The first-order chi connectivity index (χ1) is 17.5. The Labute approximate surface area is 211 Å². The molecule has 1 amide bonds. The maximum Gasteiger partial charge on any atom is 0.255 e. The van der Waals surface area contributed by atoms with Crippen molar-refractivity contribution < 1.29 is 13.2 Å². The number of para-hydroxylation sites is 2. The van der Waals surface area contributed by atoms with E-state index >= 15 is 0 Å². The van der Waals surface area contributed by atoms with E-state index in [2.05, 4.69) is 10.2 Å². The van der Waals surface area contributed by atoms with Gasteiger partial charge in [0.15, 0.2) is 0 Å². The van der Waals surface area contributed by atoms with Crippen LogP contribution in [-0.4, -0.2) is 44.8 Å². The third-order valence-corrected chi connectivity index (χ3v) is 8.25. The first-order valence-corrected chi connectivity index (χ1v) is 13.3. The molecule has 0 aromatic heterocycles. The van der Waals surface area contributed by atoms with Gasteiger partial charge in [-0.1, -0.05) is 72.8 Å². The predicted octanol–water partition coefficient (Wildman–Crippen LogP) is 5.12. The molecular weight excluding hydrogens is 470 g/mol. The van der Waals surface area contributed by atoms with Crippen LogP contribution in [0.15, 0.2) is 114 Å². The van der Waals surface area contributed by atoms with Gasteiger partial charge in [0, 0.05) is 48.7 Å². The molecule has 0 unspecified atom stereocenters. The number of anilines is 2. The predicted molar refractivity (Wildman–Crippen MR) is 144 cm³/mol. The number of hydrogen-bond acceptors (Lipinski definition) is 4. The largest absolute Gasteiger partial charge is 0.369 e. The molecule has 7 heteroatoms. The zero-order valence-electron chi connectivity index (χ0n) is 19.7. The lowest BCUT2D eigenvalue weighted by molar-refractivity contribution is 0.102. The van der Waals surface area contributed by atoms with Crippen molar-refractivity contribution in [3.63, 3.8) is 0 Å². The SMILES string of the molecule is O=C(Nc1ccccc1-c1ccccc1)c1cccc(S(=O)(=O)N2CCN(c3ccccc3)CC2)c1. The number of nitrogens with zero attached hydrogens (tertiary/aromatic N) is 2. The summed E-state index contributed by atoms with van der Waals surface area (Å²) in [7, 11) is -3.72. The van der Waals surface area contributed by atoms with Gasteiger partial charge in [0.2, 0.25) is 10.0 Å². The quantitative estimate of drug-likeness (QED) is 0.402. The maximum absolute atomic E-state index is 13.4. The smallest absolute Gasteiger partial charge is 0.255 e. The summed E-state index contributed by atoms with van der Waals surface area (Å²) in [5, 5.41) is 2.95. The second kappa shape index (κ2) is 10.4. The molecule has 1 saturated heterocycles. The molecule has 0 atom stereocenters. The van der Waals surface area contributed by atoms with Crippen LogP contribution >= 0.6 is 0 Å². The lowest BCUT2D eigenvalue weighted by Crippen LogP contribution is -2.48. The van der Waals surface area contributed by atoms with Gasteiger partial charge in [-0.05, 0) is 42.0 Å². The van der Waals surface area contributed by atoms with E-state index in [9.17, 15) is 13.2 Å². The Morgan fingerprint density at radius 3 is 2.06 bits per heavy atom. The Balaban J connectivity index is 1.32. The van der Waals surface area contributed by atoms with E-state index in [0.717, 1.165) is 16.8 Å². The molecule has 1 heterocycles. The third-order valence-electron chi connectivity index (χ3n) is 6.35. The van der Waals surface area contributed by atoms with Crippen molar-refractivity contribution in [2.24, 2.45) is 0 Å². The molecule has 0 bridgehead atoms. The van der Waals surface area contributed by atoms with Gasteiger partial charge >= 0.3 is 0 Å². The number of carbonyl (C=O) groups is 1. The average Bonchev–Trinajstić information content (AvgIpc) is 2.94. The summed E-state index contributed by atoms with van der Waals surface area (Å²) < 4.78 is 28.3. The summed E-state index contributed by atoms with van der Waals surface area (Å²) in [6.07, 6.45) is 0. The Kier molecular flexibility index (Phi) is 6.84. The fourth-order valence-electron chi connectivity index (χ4n) is 4.43. The Morgan fingerprint density at radius 2 is 1.33 bits per heavy atom. The second-order valence-electron chi connectivity index (χ2n) is 8.62. The molecule has 4 aromatic carbocycles. The van der Waals surface area contributed by atoms with Gasteiger partial charge in [0.25, 0.3) is 5.91 Å². The summed E-state index contributed by atoms with van der Waals surface area (Å²) in [5.74, 6) is -0.357. The Morgan fingerprint density at radius 1 is 0.694 bits per heavy atom. The highest BCUT2D eigenvalue weighted by atomic mass is 32.2. The molecule has 0 aliphatic carbocycles. The molecule has 1 fully saturated rings. The Hall–Kier alpha value is -3.94. The highest BCUT2D eigenvalue weighted by molar-refractivity contribution is 7.89. The van der Waals surface area contributed by atoms with Crippen molar-refractivity contribution >= 4 is 27.3 Å². The third kappa shape index (κ3) is 5.03. The van der Waals surface area contributed by atoms with Gasteiger partial charge in [-0.25, -0.2) is 8.42 Å². The van der Waals surface area contributed by atoms with Crippen LogP contribution in [0.25, 0.3) is 11.1 Å². The van der Waals surface area contributed by atoms with Crippen LogP contribution in [-0.2, 0) is 10.0 Å². The molecule has 1 N–H and O–H groups in total. The summed E-state index contributed by atoms with van der Waals surface area (Å²) >= 11 is 0. The molecule has 0 radical (unpaired) electrons. The van der Waals surface area contributed by atoms with Crippen molar-refractivity contribution in [2.75, 3.05) is 36.4 Å².